The van der Waals surface area contributed by atoms with E-state index in [0.29, 0.717) is 36.2 Å². The first-order valence-electron chi connectivity index (χ1n) is 20.3. The Morgan fingerprint density at radius 1 is 1.00 bits per heavy atom. The van der Waals surface area contributed by atoms with Crippen LogP contribution in [0, 0.1) is 0 Å². The molecule has 5 rings (SSSR count). The summed E-state index contributed by atoms with van der Waals surface area (Å²) in [6.45, 7) is 8.73. The molecule has 2 aliphatic rings. The number of nitrogens with one attached hydrogen (secondary N) is 2. The molecule has 8 N–H and O–H groups in total. The number of fused-ring (bicyclic) bond motifs is 1. The molecular formula is C36H59N10O15P. The van der Waals surface area contributed by atoms with Crippen LogP contribution in [0.25, 0.3) is 11.2 Å². The number of amides is 2. The molecule has 10 atom stereocenters. The number of phosphoric ester groups is 1. The fourth-order valence-electron chi connectivity index (χ4n) is 6.67. The number of nitrogens with zero attached hydrogens (tertiary/aromatic N) is 7. The maximum Gasteiger partial charge on any atom is 0.472 e. The first-order chi connectivity index (χ1) is 29.6. The van der Waals surface area contributed by atoms with Crippen molar-refractivity contribution in [3.8, 4) is 0 Å². The Morgan fingerprint density at radius 2 is 1.79 bits per heavy atom. The molecule has 348 valence electrons. The van der Waals surface area contributed by atoms with Crippen LogP contribution < -0.4 is 16.4 Å². The van der Waals surface area contributed by atoms with Gasteiger partial charge in [-0.15, -0.1) is 5.10 Å². The van der Waals surface area contributed by atoms with E-state index >= 15 is 0 Å². The van der Waals surface area contributed by atoms with Crippen molar-refractivity contribution < 1.29 is 71.8 Å². The molecule has 0 radical (unpaired) electrons. The second-order valence-electron chi connectivity index (χ2n) is 15.2. The number of nitrogen functional groups attached to an aromatic ring is 1. The summed E-state index contributed by atoms with van der Waals surface area (Å²) in [6, 6.07) is -1.03. The van der Waals surface area contributed by atoms with Crippen molar-refractivity contribution in [1.29, 1.82) is 0 Å². The molecule has 3 aromatic heterocycles. The van der Waals surface area contributed by atoms with E-state index in [1.165, 1.54) is 19.6 Å². The lowest BCUT2D eigenvalue weighted by molar-refractivity contribution is -0.270. The van der Waals surface area contributed by atoms with Gasteiger partial charge in [0.2, 0.25) is 11.8 Å². The van der Waals surface area contributed by atoms with Gasteiger partial charge >= 0.3 is 7.82 Å². The number of aromatic nitrogens is 7. The highest BCUT2D eigenvalue weighted by atomic mass is 31.2. The third-order valence-electron chi connectivity index (χ3n) is 9.51. The Balaban J connectivity index is 1.07. The summed E-state index contributed by atoms with van der Waals surface area (Å²) in [4.78, 5) is 47.3. The number of carbonyl (C=O) groups excluding carboxylic acids is 2. The van der Waals surface area contributed by atoms with Crippen LogP contribution in [0.2, 0.25) is 0 Å². The van der Waals surface area contributed by atoms with Gasteiger partial charge in [-0.1, -0.05) is 5.21 Å². The van der Waals surface area contributed by atoms with Gasteiger partial charge in [0.25, 0.3) is 0 Å². The summed E-state index contributed by atoms with van der Waals surface area (Å²) < 4.78 is 62.7. The lowest BCUT2D eigenvalue weighted by Gasteiger charge is -2.42. The lowest BCUT2D eigenvalue weighted by atomic mass is 9.97. The fraction of sp³-hybridized carbons (Fsp3) is 0.750. The average Bonchev–Trinajstić information content (AvgIpc) is 3.93. The molecule has 3 aromatic rings. The van der Waals surface area contributed by atoms with Crippen molar-refractivity contribution in [3.63, 3.8) is 0 Å². The summed E-state index contributed by atoms with van der Waals surface area (Å²) in [5, 5.41) is 43.6. The number of unbranched alkanes of at least 4 members (excludes halogenated alkanes) is 1. The van der Waals surface area contributed by atoms with Crippen LogP contribution >= 0.6 is 7.82 Å². The van der Waals surface area contributed by atoms with Crippen molar-refractivity contribution >= 4 is 36.6 Å². The molecule has 2 amide bonds. The fourth-order valence-corrected chi connectivity index (χ4v) is 7.81. The molecule has 25 nitrogen and oxygen atoms in total. The Labute approximate surface area is 357 Å². The largest absolute Gasteiger partial charge is 0.472 e. The third kappa shape index (κ3) is 13.8. The summed E-state index contributed by atoms with van der Waals surface area (Å²) in [5.41, 5.74) is 7.13. The van der Waals surface area contributed by atoms with Crippen LogP contribution in [-0.4, -0.2) is 167 Å². The van der Waals surface area contributed by atoms with E-state index in [-0.39, 0.29) is 63.8 Å². The summed E-state index contributed by atoms with van der Waals surface area (Å²) in [6.07, 6.45) is -4.31. The number of hydrogen-bond donors (Lipinski definition) is 7. The molecule has 2 saturated heterocycles. The van der Waals surface area contributed by atoms with Gasteiger partial charge in [-0.25, -0.2) is 24.2 Å². The number of hydrogen-bond acceptors (Lipinski definition) is 20. The normalized spacial score (nSPS) is 26.3. The predicted octanol–water partition coefficient (Wildman–Crippen LogP) is -0.918. The van der Waals surface area contributed by atoms with E-state index in [0.717, 1.165) is 0 Å². The number of phosphoric acid groups is 1. The number of carbonyl (C=O) groups is 2. The monoisotopic (exact) mass is 902 g/mol. The number of aliphatic hydroxyl groups is 3. The van der Waals surface area contributed by atoms with Crippen LogP contribution in [0.3, 0.4) is 0 Å². The standard InChI is InChI=1S/C36H59N10O15P/c1-20(2)56-17-25-31(61-62(52,53)60-21(3)4)32(35(58-25)46-19-41-28-33(37)39-18-40-34(28)46)57-16-23-14-45(44-43-23)10-13-54-12-9-38-26(49)8-6-7-11-55-36-27(42-22(5)48)30(51)29(50)24(15-47)59-36/h14,18-21,24-25,27,29-32,35-36,47,50-51H,6-13,15-17H2,1-5H3,(H,38,49)(H,42,48)(H,52,53)(H2,37,39,40)/t24-,25-,27-,29+,30-,31-,32-,35-,36-/m1/s1. The molecule has 2 fully saturated rings. The van der Waals surface area contributed by atoms with Gasteiger partial charge in [-0.3, -0.25) is 23.2 Å². The van der Waals surface area contributed by atoms with Crippen molar-refractivity contribution in [2.45, 2.75) is 134 Å². The number of ether oxygens (including phenoxy) is 6. The molecule has 1 unspecified atom stereocenters. The molecule has 0 aromatic carbocycles. The summed E-state index contributed by atoms with van der Waals surface area (Å²) in [5.74, 6) is -0.488. The molecule has 0 aliphatic carbocycles. The molecule has 62 heavy (non-hydrogen) atoms. The Bertz CT molecular complexity index is 1920. The van der Waals surface area contributed by atoms with E-state index in [4.69, 9.17) is 43.2 Å². The molecular weight excluding hydrogens is 843 g/mol. The van der Waals surface area contributed by atoms with E-state index in [1.807, 2.05) is 13.8 Å². The number of aliphatic hydroxyl groups excluding tert-OH is 3. The zero-order chi connectivity index (χ0) is 45.0. The summed E-state index contributed by atoms with van der Waals surface area (Å²) >= 11 is 0. The maximum atomic E-state index is 13.1. The Hall–Kier alpha value is -3.82. The number of imidazole rings is 1. The van der Waals surface area contributed by atoms with Crippen molar-refractivity contribution in [3.05, 3.63) is 24.5 Å². The van der Waals surface area contributed by atoms with Crippen molar-refractivity contribution in [2.75, 3.05) is 45.3 Å². The van der Waals surface area contributed by atoms with Crippen molar-refractivity contribution in [1.82, 2.24) is 45.1 Å². The van der Waals surface area contributed by atoms with Crippen molar-refractivity contribution in [2.24, 2.45) is 0 Å². The number of nitrogens with two attached hydrogens (primary N) is 1. The van der Waals surface area contributed by atoms with E-state index in [1.54, 1.807) is 29.3 Å². The van der Waals surface area contributed by atoms with E-state index in [2.05, 4.69) is 35.9 Å². The first kappa shape index (κ1) is 49.2. The predicted molar refractivity (Wildman–Crippen MR) is 213 cm³/mol. The van der Waals surface area contributed by atoms with Crippen LogP contribution in [0.4, 0.5) is 5.82 Å². The first-order valence-corrected chi connectivity index (χ1v) is 21.8. The highest BCUT2D eigenvalue weighted by molar-refractivity contribution is 7.47. The van der Waals surface area contributed by atoms with Gasteiger partial charge in [-0.2, -0.15) is 0 Å². The minimum atomic E-state index is -4.61. The van der Waals surface area contributed by atoms with Crippen LogP contribution in [-0.2, 0) is 64.8 Å². The zero-order valence-electron chi connectivity index (χ0n) is 35.3. The van der Waals surface area contributed by atoms with Gasteiger partial charge in [0.15, 0.2) is 24.0 Å². The van der Waals surface area contributed by atoms with Crippen LogP contribution in [0.15, 0.2) is 18.9 Å². The second kappa shape index (κ2) is 23.2. The Morgan fingerprint density at radius 3 is 2.52 bits per heavy atom. The lowest BCUT2D eigenvalue weighted by Crippen LogP contribution is -2.64. The quantitative estimate of drug-likeness (QED) is 0.0399. The molecule has 2 aliphatic heterocycles. The smallest absolute Gasteiger partial charge is 0.394 e. The Kier molecular flexibility index (Phi) is 18.4. The number of anilines is 1. The molecule has 5 heterocycles. The highest BCUT2D eigenvalue weighted by Crippen LogP contribution is 2.50. The third-order valence-corrected chi connectivity index (χ3v) is 10.7. The van der Waals surface area contributed by atoms with E-state index < -0.39 is 81.6 Å². The highest BCUT2D eigenvalue weighted by Gasteiger charge is 2.51. The topological polar surface area (TPSA) is 330 Å². The van der Waals surface area contributed by atoms with Crippen LogP contribution in [0.5, 0.6) is 0 Å². The van der Waals surface area contributed by atoms with Gasteiger partial charge in [0.05, 0.1) is 64.3 Å². The minimum absolute atomic E-state index is 0.00647. The van der Waals surface area contributed by atoms with Gasteiger partial charge in [0, 0.05) is 26.5 Å². The van der Waals surface area contributed by atoms with Crippen LogP contribution in [0.1, 0.15) is 65.8 Å². The minimum Gasteiger partial charge on any atom is -0.394 e. The van der Waals surface area contributed by atoms with Gasteiger partial charge < -0.3 is 65.0 Å². The average molecular weight is 903 g/mol. The summed E-state index contributed by atoms with van der Waals surface area (Å²) in [7, 11) is -4.61. The number of rotatable bonds is 25. The molecule has 26 heteroatoms. The second-order valence-corrected chi connectivity index (χ2v) is 16.6. The molecule has 0 spiro atoms. The maximum absolute atomic E-state index is 13.1. The zero-order valence-corrected chi connectivity index (χ0v) is 36.2. The molecule has 0 saturated carbocycles. The van der Waals surface area contributed by atoms with Gasteiger partial charge in [-0.05, 0) is 40.5 Å². The van der Waals surface area contributed by atoms with Gasteiger partial charge in [0.1, 0.15) is 60.2 Å². The molecule has 0 bridgehead atoms. The van der Waals surface area contributed by atoms with E-state index in [9.17, 15) is 34.4 Å². The SMILES string of the molecule is CC(=O)N[C@H]1[C@H](OCCCCC(=O)NCCOCCn2cc(CO[C@@H]3[C@H](OP(=O)(O)OC(C)C)[C@@H](COC(C)C)O[C@H]3n3cnc4c(N)ncnc43)nn2)O[C@H](CO)[C@H](O)[C@@H]1O.